The number of nitrogens with one attached hydrogen (secondary N) is 2. The molecule has 0 aliphatic carbocycles. The van der Waals surface area contributed by atoms with Crippen molar-refractivity contribution in [2.45, 2.75) is 0 Å². The van der Waals surface area contributed by atoms with Gasteiger partial charge in [-0.3, -0.25) is 9.89 Å². The van der Waals surface area contributed by atoms with Gasteiger partial charge in [0, 0.05) is 21.4 Å². The highest BCUT2D eigenvalue weighted by Gasteiger charge is 2.18. The molecule has 2 heterocycles. The van der Waals surface area contributed by atoms with E-state index in [9.17, 15) is 9.18 Å². The van der Waals surface area contributed by atoms with Gasteiger partial charge >= 0.3 is 0 Å². The third kappa shape index (κ3) is 2.07. The quantitative estimate of drug-likeness (QED) is 0.476. The molecule has 4 N–H and O–H groups in total. The van der Waals surface area contributed by atoms with Gasteiger partial charge in [-0.1, -0.05) is 29.3 Å². The fraction of sp³-hybridized carbons (Fsp3) is 0. The zero-order valence-corrected chi connectivity index (χ0v) is 13.5. The van der Waals surface area contributed by atoms with E-state index in [0.29, 0.717) is 37.5 Å². The molecule has 0 saturated heterocycles. The lowest BCUT2D eigenvalue weighted by Crippen LogP contribution is -2.13. The van der Waals surface area contributed by atoms with Crippen LogP contribution in [0, 0.1) is 5.82 Å². The van der Waals surface area contributed by atoms with Gasteiger partial charge in [-0.05, 0) is 23.8 Å². The molecule has 0 aliphatic heterocycles. The molecule has 0 aliphatic rings. The van der Waals surface area contributed by atoms with E-state index in [-0.39, 0.29) is 11.2 Å². The number of H-pyrrole nitrogens is 2. The van der Waals surface area contributed by atoms with E-state index in [1.54, 1.807) is 12.1 Å². The predicted octanol–water partition coefficient (Wildman–Crippen LogP) is 4.10. The first-order valence-corrected chi connectivity index (χ1v) is 7.65. The van der Waals surface area contributed by atoms with Gasteiger partial charge < -0.3 is 10.7 Å². The maximum absolute atomic E-state index is 13.9. The monoisotopic (exact) mass is 362 g/mol. The Morgan fingerprint density at radius 3 is 2.71 bits per heavy atom. The van der Waals surface area contributed by atoms with Gasteiger partial charge in [-0.15, -0.1) is 0 Å². The van der Waals surface area contributed by atoms with Crippen molar-refractivity contribution in [1.82, 2.24) is 15.2 Å². The van der Waals surface area contributed by atoms with Crippen molar-refractivity contribution in [3.63, 3.8) is 0 Å². The number of hydrogen-bond acceptors (Lipinski definition) is 3. The van der Waals surface area contributed by atoms with Gasteiger partial charge in [0.2, 0.25) is 0 Å². The van der Waals surface area contributed by atoms with Crippen LogP contribution in [-0.2, 0) is 0 Å². The highest BCUT2D eigenvalue weighted by molar-refractivity contribution is 6.39. The van der Waals surface area contributed by atoms with Crippen molar-refractivity contribution in [2.75, 3.05) is 5.73 Å². The van der Waals surface area contributed by atoms with Gasteiger partial charge in [0.15, 0.2) is 0 Å². The molecule has 0 amide bonds. The number of nitrogens with zero attached hydrogens (tertiary/aromatic N) is 1. The first-order chi connectivity index (χ1) is 11.5. The lowest BCUT2D eigenvalue weighted by Gasteiger charge is -2.12. The molecule has 2 aromatic carbocycles. The number of aromatic amines is 2. The number of aromatic nitrogens is 3. The molecule has 0 radical (unpaired) electrons. The third-order valence-corrected chi connectivity index (χ3v) is 4.43. The number of halogens is 3. The number of anilines is 1. The van der Waals surface area contributed by atoms with Crippen molar-refractivity contribution in [3.05, 3.63) is 56.7 Å². The number of pyridine rings is 1. The van der Waals surface area contributed by atoms with E-state index < -0.39 is 11.4 Å². The van der Waals surface area contributed by atoms with Gasteiger partial charge in [-0.25, -0.2) is 4.39 Å². The number of fused-ring (bicyclic) bond motifs is 2. The second kappa shape index (κ2) is 5.22. The zero-order valence-electron chi connectivity index (χ0n) is 12.0. The third-order valence-electron chi connectivity index (χ3n) is 3.91. The van der Waals surface area contributed by atoms with Gasteiger partial charge in [0.1, 0.15) is 17.0 Å². The molecular weight excluding hydrogens is 354 g/mol. The molecule has 0 unspecified atom stereocenters. The van der Waals surface area contributed by atoms with Crippen molar-refractivity contribution >= 4 is 50.7 Å². The molecule has 0 spiro atoms. The van der Waals surface area contributed by atoms with Crippen LogP contribution in [-0.4, -0.2) is 15.2 Å². The first-order valence-electron chi connectivity index (χ1n) is 6.90. The Labute approximate surface area is 144 Å². The normalized spacial score (nSPS) is 11.5. The number of benzene rings is 2. The Kier molecular flexibility index (Phi) is 3.26. The average Bonchev–Trinajstić information content (AvgIpc) is 3.02. The zero-order chi connectivity index (χ0) is 17.0. The molecular formula is C16H9Cl2FN4O. The summed E-state index contributed by atoms with van der Waals surface area (Å²) in [5.41, 5.74) is 7.18. The van der Waals surface area contributed by atoms with Crippen LogP contribution in [0.4, 0.5) is 10.1 Å². The van der Waals surface area contributed by atoms with Gasteiger partial charge in [0.25, 0.3) is 5.56 Å². The van der Waals surface area contributed by atoms with Crippen LogP contribution >= 0.6 is 23.2 Å². The van der Waals surface area contributed by atoms with Crippen molar-refractivity contribution < 1.29 is 4.39 Å². The molecule has 24 heavy (non-hydrogen) atoms. The molecule has 5 nitrogen and oxygen atoms in total. The minimum absolute atomic E-state index is 0.00468. The van der Waals surface area contributed by atoms with Crippen LogP contribution in [0.15, 0.2) is 35.3 Å². The number of hydrogen-bond donors (Lipinski definition) is 3. The largest absolute Gasteiger partial charge is 0.394 e. The average molecular weight is 363 g/mol. The summed E-state index contributed by atoms with van der Waals surface area (Å²) in [6.07, 6.45) is 1.48. The first kappa shape index (κ1) is 15.0. The number of rotatable bonds is 1. The molecule has 0 bridgehead atoms. The van der Waals surface area contributed by atoms with E-state index >= 15 is 0 Å². The molecule has 4 aromatic rings. The summed E-state index contributed by atoms with van der Waals surface area (Å²) >= 11 is 12.3. The summed E-state index contributed by atoms with van der Waals surface area (Å²) in [5.74, 6) is -0.449. The SMILES string of the molecule is Nc1c(-c2ccc(F)c3[nH]ncc23)c2cc(Cl)cc(Cl)c2[nH]c1=O. The smallest absolute Gasteiger partial charge is 0.272 e. The lowest BCUT2D eigenvalue weighted by atomic mass is 9.96. The van der Waals surface area contributed by atoms with E-state index in [1.165, 1.54) is 18.3 Å². The van der Waals surface area contributed by atoms with Crippen LogP contribution in [0.5, 0.6) is 0 Å². The van der Waals surface area contributed by atoms with Gasteiger partial charge in [-0.2, -0.15) is 5.10 Å². The summed E-state index contributed by atoms with van der Waals surface area (Å²) in [6.45, 7) is 0. The Bertz CT molecular complexity index is 1180. The Balaban J connectivity index is 2.24. The maximum Gasteiger partial charge on any atom is 0.272 e. The molecule has 2 aromatic heterocycles. The molecule has 0 fully saturated rings. The second-order valence-electron chi connectivity index (χ2n) is 5.31. The van der Waals surface area contributed by atoms with Crippen LogP contribution in [0.25, 0.3) is 32.9 Å². The standard InChI is InChI=1S/C16H9Cl2FN4O/c17-6-3-8-12(13(20)16(24)22-14(8)10(18)4-6)7-1-2-11(19)15-9(7)5-21-23-15/h1-5H,20H2,(H,21,23)(H,22,24). The van der Waals surface area contributed by atoms with Gasteiger partial charge in [0.05, 0.1) is 16.7 Å². The van der Waals surface area contributed by atoms with Crippen LogP contribution in [0.1, 0.15) is 0 Å². The fourth-order valence-electron chi connectivity index (χ4n) is 2.85. The molecule has 4 rings (SSSR count). The van der Waals surface area contributed by atoms with E-state index in [2.05, 4.69) is 15.2 Å². The summed E-state index contributed by atoms with van der Waals surface area (Å²) in [4.78, 5) is 14.9. The summed E-state index contributed by atoms with van der Waals surface area (Å²) in [7, 11) is 0. The predicted molar refractivity (Wildman–Crippen MR) is 94.0 cm³/mol. The van der Waals surface area contributed by atoms with E-state index in [4.69, 9.17) is 28.9 Å². The summed E-state index contributed by atoms with van der Waals surface area (Å²) in [6, 6.07) is 6.01. The number of nitrogen functional groups attached to an aromatic ring is 1. The Morgan fingerprint density at radius 1 is 1.12 bits per heavy atom. The second-order valence-corrected chi connectivity index (χ2v) is 6.15. The minimum atomic E-state index is -0.484. The lowest BCUT2D eigenvalue weighted by molar-refractivity contribution is 0.636. The molecule has 0 atom stereocenters. The Hall–Kier alpha value is -2.57. The summed E-state index contributed by atoms with van der Waals surface area (Å²) in [5, 5.41) is 8.23. The Morgan fingerprint density at radius 2 is 1.92 bits per heavy atom. The number of nitrogens with two attached hydrogens (primary N) is 1. The van der Waals surface area contributed by atoms with Crippen LogP contribution in [0.2, 0.25) is 10.0 Å². The van der Waals surface area contributed by atoms with E-state index in [0.717, 1.165) is 0 Å². The van der Waals surface area contributed by atoms with Crippen LogP contribution in [0.3, 0.4) is 0 Å². The molecule has 120 valence electrons. The highest BCUT2D eigenvalue weighted by atomic mass is 35.5. The topological polar surface area (TPSA) is 87.6 Å². The minimum Gasteiger partial charge on any atom is -0.394 e. The van der Waals surface area contributed by atoms with Crippen molar-refractivity contribution in [1.29, 1.82) is 0 Å². The molecule has 0 saturated carbocycles. The maximum atomic E-state index is 13.9. The fourth-order valence-corrected chi connectivity index (χ4v) is 3.39. The van der Waals surface area contributed by atoms with Crippen LogP contribution < -0.4 is 11.3 Å². The molecule has 8 heteroatoms. The highest BCUT2D eigenvalue weighted by Crippen LogP contribution is 2.38. The summed E-state index contributed by atoms with van der Waals surface area (Å²) < 4.78 is 13.9. The van der Waals surface area contributed by atoms with E-state index in [1.807, 2.05) is 0 Å². The van der Waals surface area contributed by atoms with Crippen molar-refractivity contribution in [3.8, 4) is 11.1 Å². The van der Waals surface area contributed by atoms with Crippen molar-refractivity contribution in [2.24, 2.45) is 0 Å².